The second kappa shape index (κ2) is 15.4. The van der Waals surface area contributed by atoms with Crippen LogP contribution in [0, 0.1) is 6.92 Å². The summed E-state index contributed by atoms with van der Waals surface area (Å²) in [5, 5.41) is 8.52. The van der Waals surface area contributed by atoms with E-state index in [4.69, 9.17) is 21.4 Å². The molecule has 7 heteroatoms. The molecule has 0 unspecified atom stereocenters. The lowest BCUT2D eigenvalue weighted by Gasteiger charge is -2.14. The van der Waals surface area contributed by atoms with Crippen molar-refractivity contribution < 1.29 is 9.53 Å². The molecule has 2 aromatic heterocycles. The van der Waals surface area contributed by atoms with E-state index in [2.05, 4.69) is 43.4 Å². The number of nitrogens with one attached hydrogen (secondary N) is 1. The highest BCUT2D eigenvalue weighted by Gasteiger charge is 2.24. The highest BCUT2D eigenvalue weighted by atomic mass is 35.5. The smallest absolute Gasteiger partial charge is 0.272 e. The fourth-order valence-electron chi connectivity index (χ4n) is 4.38. The number of aryl methyl sites for hydroxylation is 1. The van der Waals surface area contributed by atoms with E-state index in [1.807, 2.05) is 63.2 Å². The van der Waals surface area contributed by atoms with Crippen molar-refractivity contribution >= 4 is 41.0 Å². The number of hydrogen-bond acceptors (Lipinski definition) is 4. The summed E-state index contributed by atoms with van der Waals surface area (Å²) >= 11 is 8.43. The molecule has 4 aromatic rings. The van der Waals surface area contributed by atoms with E-state index in [0.717, 1.165) is 47.4 Å². The van der Waals surface area contributed by atoms with Gasteiger partial charge in [-0.3, -0.25) is 4.79 Å². The van der Waals surface area contributed by atoms with Gasteiger partial charge in [0.25, 0.3) is 5.91 Å². The fraction of sp³-hybridized carbons (Fsp3) is 0.333. The van der Waals surface area contributed by atoms with Crippen molar-refractivity contribution in [2.75, 3.05) is 7.11 Å². The molecular formula is C33H40ClN3O2S. The first kappa shape index (κ1) is 31.2. The SMILES string of the molecule is CC.CCCCCc1c(C(=O)N[C@H](C)c2ccccc2)nn(-c2ccc(OC)cc2Cl)c1/C=C/c1ccc(C)s1. The number of ether oxygens (including phenoxy) is 1. The number of benzene rings is 2. The number of nitrogens with zero attached hydrogens (tertiary/aromatic N) is 2. The predicted molar refractivity (Wildman–Crippen MR) is 170 cm³/mol. The Bertz CT molecular complexity index is 1410. The number of thiophene rings is 1. The summed E-state index contributed by atoms with van der Waals surface area (Å²) in [5.41, 5.74) is 3.95. The zero-order valence-corrected chi connectivity index (χ0v) is 25.9. The molecule has 0 saturated carbocycles. The van der Waals surface area contributed by atoms with Gasteiger partial charge in [0.2, 0.25) is 0 Å². The summed E-state index contributed by atoms with van der Waals surface area (Å²) < 4.78 is 7.15. The summed E-state index contributed by atoms with van der Waals surface area (Å²) in [6, 6.07) is 19.5. The van der Waals surface area contributed by atoms with Crippen LogP contribution in [0.5, 0.6) is 5.75 Å². The van der Waals surface area contributed by atoms with Crippen LogP contribution in [0.2, 0.25) is 5.02 Å². The van der Waals surface area contributed by atoms with Gasteiger partial charge in [0, 0.05) is 21.4 Å². The summed E-state index contributed by atoms with van der Waals surface area (Å²) in [7, 11) is 1.61. The average molecular weight is 578 g/mol. The molecule has 1 N–H and O–H groups in total. The van der Waals surface area contributed by atoms with Crippen molar-refractivity contribution in [2.45, 2.75) is 66.3 Å². The van der Waals surface area contributed by atoms with E-state index >= 15 is 0 Å². The number of hydrogen-bond donors (Lipinski definition) is 1. The van der Waals surface area contributed by atoms with Crippen LogP contribution in [0.25, 0.3) is 17.8 Å². The van der Waals surface area contributed by atoms with Crippen LogP contribution in [0.3, 0.4) is 0 Å². The Morgan fingerprint density at radius 1 is 1.10 bits per heavy atom. The number of unbranched alkanes of at least 4 members (excludes halogenated alkanes) is 2. The molecule has 2 heterocycles. The number of carbonyl (C=O) groups excluding carboxylic acids is 1. The van der Waals surface area contributed by atoms with Gasteiger partial charge in [0.05, 0.1) is 29.6 Å². The van der Waals surface area contributed by atoms with Crippen LogP contribution in [-0.4, -0.2) is 22.8 Å². The Kier molecular flexibility index (Phi) is 12.0. The van der Waals surface area contributed by atoms with Crippen molar-refractivity contribution in [2.24, 2.45) is 0 Å². The molecule has 0 saturated heterocycles. The van der Waals surface area contributed by atoms with E-state index < -0.39 is 0 Å². The maximum absolute atomic E-state index is 13.7. The zero-order valence-electron chi connectivity index (χ0n) is 24.3. The minimum Gasteiger partial charge on any atom is -0.497 e. The molecule has 1 atom stereocenters. The minimum atomic E-state index is -0.196. The van der Waals surface area contributed by atoms with E-state index in [1.54, 1.807) is 29.2 Å². The number of amides is 1. The van der Waals surface area contributed by atoms with Crippen LogP contribution in [0.4, 0.5) is 0 Å². The summed E-state index contributed by atoms with van der Waals surface area (Å²) in [6.45, 7) is 10.3. The first-order valence-electron chi connectivity index (χ1n) is 14.0. The van der Waals surface area contributed by atoms with Crippen molar-refractivity contribution in [1.82, 2.24) is 15.1 Å². The number of aromatic nitrogens is 2. The molecule has 2 aromatic carbocycles. The Morgan fingerprint density at radius 2 is 1.85 bits per heavy atom. The standard InChI is InChI=1S/C31H34ClN3O2S.C2H6/c1-5-6-8-13-26-28(19-17-25-16-14-21(2)38-25)35(29-18-15-24(37-4)20-27(29)32)34-30(26)31(36)33-22(3)23-11-9-7-10-12-23;1-2/h7,9-12,14-20,22H,5-6,8,13H2,1-4H3,(H,33,36);1-2H3/b19-17+;/t22-;/m1./s1. The average Bonchev–Trinajstić information content (AvgIpc) is 3.56. The van der Waals surface area contributed by atoms with Crippen molar-refractivity contribution in [3.63, 3.8) is 0 Å². The van der Waals surface area contributed by atoms with E-state index in [0.29, 0.717) is 22.2 Å². The number of rotatable bonds is 11. The first-order chi connectivity index (χ1) is 19.4. The molecule has 0 fully saturated rings. The molecule has 0 spiro atoms. The maximum Gasteiger partial charge on any atom is 0.272 e. The molecule has 4 rings (SSSR count). The third kappa shape index (κ3) is 7.86. The lowest BCUT2D eigenvalue weighted by Crippen LogP contribution is -2.28. The normalized spacial score (nSPS) is 11.7. The van der Waals surface area contributed by atoms with Crippen molar-refractivity contribution in [1.29, 1.82) is 0 Å². The van der Waals surface area contributed by atoms with Gasteiger partial charge in [-0.25, -0.2) is 4.68 Å². The predicted octanol–water partition coefficient (Wildman–Crippen LogP) is 9.32. The summed E-state index contributed by atoms with van der Waals surface area (Å²) in [4.78, 5) is 16.1. The van der Waals surface area contributed by atoms with Gasteiger partial charge >= 0.3 is 0 Å². The minimum absolute atomic E-state index is 0.157. The van der Waals surface area contributed by atoms with Gasteiger partial charge in [-0.1, -0.05) is 75.5 Å². The van der Waals surface area contributed by atoms with E-state index in [9.17, 15) is 4.79 Å². The van der Waals surface area contributed by atoms with Crippen LogP contribution < -0.4 is 10.1 Å². The highest BCUT2D eigenvalue weighted by molar-refractivity contribution is 7.12. The molecule has 0 aliphatic carbocycles. The second-order valence-corrected chi connectivity index (χ2v) is 11.0. The van der Waals surface area contributed by atoms with Crippen LogP contribution >= 0.6 is 22.9 Å². The summed E-state index contributed by atoms with van der Waals surface area (Å²) in [5.74, 6) is 0.465. The van der Waals surface area contributed by atoms with Gasteiger partial charge in [-0.15, -0.1) is 11.3 Å². The number of methoxy groups -OCH3 is 1. The monoisotopic (exact) mass is 577 g/mol. The lowest BCUT2D eigenvalue weighted by molar-refractivity contribution is 0.0933. The molecular weight excluding hydrogens is 538 g/mol. The van der Waals surface area contributed by atoms with Gasteiger partial charge in [0.1, 0.15) is 5.75 Å². The van der Waals surface area contributed by atoms with Gasteiger partial charge in [0.15, 0.2) is 5.69 Å². The Hall–Kier alpha value is -3.35. The summed E-state index contributed by atoms with van der Waals surface area (Å²) in [6.07, 6.45) is 8.00. The second-order valence-electron chi connectivity index (χ2n) is 9.29. The maximum atomic E-state index is 13.7. The molecule has 5 nitrogen and oxygen atoms in total. The molecule has 40 heavy (non-hydrogen) atoms. The van der Waals surface area contributed by atoms with Crippen molar-refractivity contribution in [3.05, 3.63) is 98.0 Å². The Morgan fingerprint density at radius 3 is 2.48 bits per heavy atom. The Labute approximate surface area is 247 Å². The molecule has 0 aliphatic rings. The number of halogens is 1. The largest absolute Gasteiger partial charge is 0.497 e. The van der Waals surface area contributed by atoms with E-state index in [-0.39, 0.29) is 11.9 Å². The Balaban J connectivity index is 0.00000216. The quantitative estimate of drug-likeness (QED) is 0.181. The zero-order chi connectivity index (χ0) is 29.1. The molecule has 1 amide bonds. The molecule has 212 valence electrons. The van der Waals surface area contributed by atoms with Gasteiger partial charge in [-0.05, 0) is 68.7 Å². The topological polar surface area (TPSA) is 56.2 Å². The van der Waals surface area contributed by atoms with Crippen LogP contribution in [0.15, 0.2) is 60.7 Å². The fourth-order valence-corrected chi connectivity index (χ4v) is 5.41. The molecule has 0 aliphatic heterocycles. The van der Waals surface area contributed by atoms with Crippen LogP contribution in [-0.2, 0) is 6.42 Å². The number of carbonyl (C=O) groups is 1. The van der Waals surface area contributed by atoms with E-state index in [1.165, 1.54) is 4.88 Å². The molecule has 0 radical (unpaired) electrons. The highest BCUT2D eigenvalue weighted by Crippen LogP contribution is 2.31. The third-order valence-corrected chi connectivity index (χ3v) is 7.73. The first-order valence-corrected chi connectivity index (χ1v) is 15.2. The van der Waals surface area contributed by atoms with Gasteiger partial charge < -0.3 is 10.1 Å². The lowest BCUT2D eigenvalue weighted by atomic mass is 10.0. The molecule has 0 bridgehead atoms. The van der Waals surface area contributed by atoms with Crippen LogP contribution in [0.1, 0.15) is 90.1 Å². The van der Waals surface area contributed by atoms with Gasteiger partial charge in [-0.2, -0.15) is 5.10 Å². The van der Waals surface area contributed by atoms with Crippen molar-refractivity contribution in [3.8, 4) is 11.4 Å². The third-order valence-electron chi connectivity index (χ3n) is 6.47.